The molecule has 1 aliphatic carbocycles. The zero-order valence-corrected chi connectivity index (χ0v) is 21.5. The monoisotopic (exact) mass is 525 g/mol. The summed E-state index contributed by atoms with van der Waals surface area (Å²) in [4.78, 5) is 14.3. The van der Waals surface area contributed by atoms with E-state index in [9.17, 15) is 23.1 Å². The number of aromatic carboxylic acids is 1. The van der Waals surface area contributed by atoms with Crippen molar-refractivity contribution in [2.24, 2.45) is 0 Å². The minimum absolute atomic E-state index is 0.0786. The lowest BCUT2D eigenvalue weighted by Crippen LogP contribution is -2.50. The number of nitrogens with zero attached hydrogens (tertiary/aromatic N) is 2. The van der Waals surface area contributed by atoms with Gasteiger partial charge in [0.15, 0.2) is 29.0 Å². The Kier molecular flexibility index (Phi) is 5.35. The maximum Gasteiger partial charge on any atom is 0.339 e. The molecule has 6 rings (SSSR count). The Balaban J connectivity index is 1.72. The zero-order valence-electron chi connectivity index (χ0n) is 20.5. The molecule has 9 heteroatoms. The van der Waals surface area contributed by atoms with Crippen molar-refractivity contribution in [2.75, 3.05) is 31.1 Å². The summed E-state index contributed by atoms with van der Waals surface area (Å²) in [5, 5.41) is 11.6. The Morgan fingerprint density at radius 3 is 2.27 bits per heavy atom. The molecule has 4 nitrogen and oxygen atoms in total. The number of carbonyl (C=O) groups is 1. The van der Waals surface area contributed by atoms with Gasteiger partial charge in [-0.25, -0.2) is 26.9 Å². The predicted octanol–water partition coefficient (Wildman–Crippen LogP) is 4.77. The van der Waals surface area contributed by atoms with Crippen LogP contribution in [0, 0.1) is 23.3 Å². The predicted molar refractivity (Wildman–Crippen MR) is 136 cm³/mol. The van der Waals surface area contributed by atoms with E-state index in [4.69, 9.17) is 0 Å². The highest BCUT2D eigenvalue weighted by Crippen LogP contribution is 2.44. The summed E-state index contributed by atoms with van der Waals surface area (Å²) in [5.41, 5.74) is 1.17. The second-order valence-corrected chi connectivity index (χ2v) is 14.8. The van der Waals surface area contributed by atoms with Gasteiger partial charge in [0, 0.05) is 36.5 Å². The number of anilines is 1. The first-order valence-electron chi connectivity index (χ1n) is 12.4. The SMILES string of the molecule is C[Si]1(C)C2=CC(=[N+]3CCC3)C=CC2=C(c2c(F)c(F)c(F)c(F)c2C(=O)O)c2ccc(N3CCC3)cc21. The van der Waals surface area contributed by atoms with Crippen molar-refractivity contribution in [1.82, 2.24) is 0 Å². The van der Waals surface area contributed by atoms with Crippen LogP contribution in [-0.2, 0) is 0 Å². The Morgan fingerprint density at radius 1 is 0.973 bits per heavy atom. The van der Waals surface area contributed by atoms with Crippen LogP contribution >= 0.6 is 0 Å². The lowest BCUT2D eigenvalue weighted by Gasteiger charge is -2.40. The van der Waals surface area contributed by atoms with Gasteiger partial charge in [-0.05, 0) is 51.7 Å². The first kappa shape index (κ1) is 23.9. The number of fused-ring (bicyclic) bond motifs is 2. The van der Waals surface area contributed by atoms with Gasteiger partial charge in [0.25, 0.3) is 0 Å². The number of carboxylic acids is 1. The van der Waals surface area contributed by atoms with Crippen molar-refractivity contribution in [3.8, 4) is 0 Å². The van der Waals surface area contributed by atoms with Crippen LogP contribution in [-0.4, -0.2) is 55.6 Å². The second-order valence-electron chi connectivity index (χ2n) is 10.5. The molecule has 3 aliphatic heterocycles. The van der Waals surface area contributed by atoms with Gasteiger partial charge in [-0.3, -0.25) is 0 Å². The fraction of sp³-hybridized carbons (Fsp3) is 0.286. The maximum atomic E-state index is 15.5. The highest BCUT2D eigenvalue weighted by atomic mass is 28.3. The number of carboxylic acid groups (broad SMARTS) is 1. The fourth-order valence-electron chi connectivity index (χ4n) is 5.70. The molecule has 2 saturated heterocycles. The van der Waals surface area contributed by atoms with Crippen molar-refractivity contribution in [2.45, 2.75) is 25.9 Å². The van der Waals surface area contributed by atoms with Crippen LogP contribution in [0.25, 0.3) is 5.57 Å². The normalized spacial score (nSPS) is 19.7. The zero-order chi connectivity index (χ0) is 26.2. The van der Waals surface area contributed by atoms with Gasteiger partial charge in [-0.2, -0.15) is 0 Å². The minimum Gasteiger partial charge on any atom is -0.478 e. The summed E-state index contributed by atoms with van der Waals surface area (Å²) < 4.78 is 61.4. The molecule has 0 radical (unpaired) electrons. The molecular formula is C28H25F4N2O2Si+. The Hall–Kier alpha value is -3.46. The van der Waals surface area contributed by atoms with Gasteiger partial charge in [0.05, 0.1) is 6.42 Å². The van der Waals surface area contributed by atoms with Gasteiger partial charge < -0.3 is 10.0 Å². The van der Waals surface area contributed by atoms with Crippen LogP contribution in [0.15, 0.2) is 47.2 Å². The van der Waals surface area contributed by atoms with Crippen LogP contribution in [0.2, 0.25) is 13.1 Å². The molecule has 37 heavy (non-hydrogen) atoms. The molecule has 0 bridgehead atoms. The average Bonchev–Trinajstić information content (AvgIpc) is 2.79. The van der Waals surface area contributed by atoms with Gasteiger partial charge in [-0.1, -0.05) is 19.2 Å². The molecule has 0 amide bonds. The first-order chi connectivity index (χ1) is 17.6. The van der Waals surface area contributed by atoms with E-state index >= 15 is 4.39 Å². The van der Waals surface area contributed by atoms with E-state index < -0.39 is 48.4 Å². The summed E-state index contributed by atoms with van der Waals surface area (Å²) in [6.07, 6.45) is 7.87. The molecule has 3 heterocycles. The minimum atomic E-state index is -2.44. The van der Waals surface area contributed by atoms with Crippen molar-refractivity contribution in [1.29, 1.82) is 0 Å². The van der Waals surface area contributed by atoms with Gasteiger partial charge in [0.2, 0.25) is 0 Å². The lowest BCUT2D eigenvalue weighted by atomic mass is 9.86. The largest absolute Gasteiger partial charge is 0.478 e. The Labute approximate surface area is 212 Å². The van der Waals surface area contributed by atoms with Gasteiger partial charge in [-0.15, -0.1) is 0 Å². The third-order valence-corrected chi connectivity index (χ3v) is 11.6. The molecule has 4 aliphatic rings. The highest BCUT2D eigenvalue weighted by Gasteiger charge is 2.43. The number of hydrogen-bond acceptors (Lipinski definition) is 2. The number of benzene rings is 2. The molecular weight excluding hydrogens is 500 g/mol. The van der Waals surface area contributed by atoms with E-state index in [-0.39, 0.29) is 5.57 Å². The number of hydrogen-bond donors (Lipinski definition) is 1. The molecule has 0 aromatic heterocycles. The van der Waals surface area contributed by atoms with Gasteiger partial charge in [0.1, 0.15) is 26.7 Å². The van der Waals surface area contributed by atoms with Crippen molar-refractivity contribution >= 4 is 36.2 Å². The molecule has 1 N–H and O–H groups in total. The van der Waals surface area contributed by atoms with Crippen molar-refractivity contribution in [3.05, 3.63) is 87.2 Å². The van der Waals surface area contributed by atoms with Gasteiger partial charge >= 0.3 is 5.97 Å². The summed E-state index contributed by atoms with van der Waals surface area (Å²) in [5.74, 6) is -9.63. The summed E-state index contributed by atoms with van der Waals surface area (Å²) in [6.45, 7) is 8.00. The van der Waals surface area contributed by atoms with Crippen LogP contribution in [0.3, 0.4) is 0 Å². The van der Waals surface area contributed by atoms with Crippen molar-refractivity contribution in [3.63, 3.8) is 0 Å². The smallest absolute Gasteiger partial charge is 0.339 e. The topological polar surface area (TPSA) is 43.6 Å². The lowest BCUT2D eigenvalue weighted by molar-refractivity contribution is -0.582. The third-order valence-electron chi connectivity index (χ3n) is 8.07. The van der Waals surface area contributed by atoms with Crippen LogP contribution in [0.5, 0.6) is 0 Å². The summed E-state index contributed by atoms with van der Waals surface area (Å²) in [6, 6.07) is 5.70. The maximum absolute atomic E-state index is 15.5. The highest BCUT2D eigenvalue weighted by molar-refractivity contribution is 6.98. The molecule has 2 fully saturated rings. The second kappa shape index (κ2) is 8.27. The number of rotatable bonds is 3. The molecule has 0 atom stereocenters. The molecule has 2 aromatic carbocycles. The van der Waals surface area contributed by atoms with E-state index in [1.54, 1.807) is 12.1 Å². The molecule has 0 spiro atoms. The van der Waals surface area contributed by atoms with Crippen LogP contribution in [0.1, 0.15) is 34.3 Å². The van der Waals surface area contributed by atoms with E-state index in [1.165, 1.54) is 0 Å². The van der Waals surface area contributed by atoms with E-state index in [0.29, 0.717) is 11.1 Å². The number of halogens is 4. The van der Waals surface area contributed by atoms with E-state index in [2.05, 4.69) is 34.7 Å². The quantitative estimate of drug-likeness (QED) is 0.206. The Bertz CT molecular complexity index is 1530. The molecule has 2 aromatic rings. The van der Waals surface area contributed by atoms with Crippen LogP contribution < -0.4 is 10.1 Å². The van der Waals surface area contributed by atoms with E-state index in [0.717, 1.165) is 60.8 Å². The van der Waals surface area contributed by atoms with E-state index in [1.807, 2.05) is 12.1 Å². The molecule has 0 unspecified atom stereocenters. The summed E-state index contributed by atoms with van der Waals surface area (Å²) in [7, 11) is -2.44. The molecule has 0 saturated carbocycles. The summed E-state index contributed by atoms with van der Waals surface area (Å²) >= 11 is 0. The Morgan fingerprint density at radius 2 is 1.68 bits per heavy atom. The van der Waals surface area contributed by atoms with Crippen LogP contribution in [0.4, 0.5) is 23.2 Å². The first-order valence-corrected chi connectivity index (χ1v) is 15.4. The fourth-order valence-corrected chi connectivity index (χ4v) is 8.77. The average molecular weight is 526 g/mol. The van der Waals surface area contributed by atoms with Crippen molar-refractivity contribution < 1.29 is 32.0 Å². The molecule has 190 valence electrons. The standard InChI is InChI=1S/C28H24F4N2O2Si/c1-37(2)19-13-15(33-9-3-10-33)5-7-17(19)21(18-8-6-16(14-20(18)37)34-11-4-12-34)22-23(28(35)36)25(30)27(32)26(31)24(22)29/h5-8,13-14H,3-4,9-12H2,1-2H3/p+1. The third kappa shape index (κ3) is 3.39. The number of allylic oxidation sites excluding steroid dienone is 5.